The van der Waals surface area contributed by atoms with Crippen LogP contribution in [0.25, 0.3) is 0 Å². The summed E-state index contributed by atoms with van der Waals surface area (Å²) in [4.78, 5) is 0. The minimum atomic E-state index is 0.130. The van der Waals surface area contributed by atoms with Gasteiger partial charge in [-0.2, -0.15) is 0 Å². The highest BCUT2D eigenvalue weighted by Gasteiger charge is 2.06. The van der Waals surface area contributed by atoms with E-state index in [1.54, 1.807) is 0 Å². The molecule has 0 amide bonds. The summed E-state index contributed by atoms with van der Waals surface area (Å²) in [5.41, 5.74) is 2.30. The Kier molecular flexibility index (Phi) is 3.99. The van der Waals surface area contributed by atoms with Gasteiger partial charge in [0, 0.05) is 10.2 Å². The summed E-state index contributed by atoms with van der Waals surface area (Å²) in [5.74, 6) is 0. The van der Waals surface area contributed by atoms with Crippen LogP contribution in [0.5, 0.6) is 0 Å². The van der Waals surface area contributed by atoms with Gasteiger partial charge in [0.25, 0.3) is 0 Å². The third kappa shape index (κ3) is 3.21. The van der Waals surface area contributed by atoms with Crippen LogP contribution in [0.15, 0.2) is 71.7 Å². The van der Waals surface area contributed by atoms with Crippen molar-refractivity contribution in [3.63, 3.8) is 0 Å². The van der Waals surface area contributed by atoms with E-state index in [2.05, 4.69) is 52.1 Å². The van der Waals surface area contributed by atoms with E-state index in [0.717, 1.165) is 10.2 Å². The second kappa shape index (κ2) is 5.69. The van der Waals surface area contributed by atoms with Gasteiger partial charge < -0.3 is 5.32 Å². The van der Waals surface area contributed by atoms with Gasteiger partial charge >= 0.3 is 0 Å². The maximum Gasteiger partial charge on any atom is 0.0695 e. The molecule has 0 saturated carbocycles. The zero-order valence-corrected chi connectivity index (χ0v) is 11.0. The van der Waals surface area contributed by atoms with Crippen LogP contribution in [0.4, 0.5) is 5.69 Å². The molecule has 2 aromatic carbocycles. The molecule has 0 bridgehead atoms. The molecular weight excluding hydrogens is 274 g/mol. The monoisotopic (exact) mass is 287 g/mol. The van der Waals surface area contributed by atoms with Crippen molar-refractivity contribution in [2.24, 2.45) is 0 Å². The van der Waals surface area contributed by atoms with Gasteiger partial charge in [-0.05, 0) is 29.8 Å². The number of nitrogens with one attached hydrogen (secondary N) is 1. The maximum atomic E-state index is 3.88. The average molecular weight is 288 g/mol. The molecule has 2 rings (SSSR count). The van der Waals surface area contributed by atoms with Crippen molar-refractivity contribution in [3.8, 4) is 0 Å². The van der Waals surface area contributed by atoms with E-state index in [1.807, 2.05) is 36.4 Å². The maximum absolute atomic E-state index is 3.88. The second-order valence-corrected chi connectivity index (χ2v) is 4.69. The summed E-state index contributed by atoms with van der Waals surface area (Å²) < 4.78 is 1.09. The van der Waals surface area contributed by atoms with Crippen molar-refractivity contribution in [1.29, 1.82) is 0 Å². The van der Waals surface area contributed by atoms with E-state index < -0.39 is 0 Å². The molecule has 1 unspecified atom stereocenters. The van der Waals surface area contributed by atoms with Crippen LogP contribution in [0.1, 0.15) is 11.6 Å². The summed E-state index contributed by atoms with van der Waals surface area (Å²) in [6.07, 6.45) is 1.91. The topological polar surface area (TPSA) is 12.0 Å². The minimum absolute atomic E-state index is 0.130. The second-order valence-electron chi connectivity index (χ2n) is 3.78. The molecule has 17 heavy (non-hydrogen) atoms. The van der Waals surface area contributed by atoms with Crippen LogP contribution in [0, 0.1) is 0 Å². The van der Waals surface area contributed by atoms with Gasteiger partial charge in [0.1, 0.15) is 0 Å². The first-order valence-corrected chi connectivity index (χ1v) is 6.28. The third-order valence-electron chi connectivity index (χ3n) is 2.56. The van der Waals surface area contributed by atoms with E-state index in [9.17, 15) is 0 Å². The van der Waals surface area contributed by atoms with Crippen molar-refractivity contribution in [2.75, 3.05) is 5.32 Å². The standard InChI is InChI=1S/C15H14BrN/c1-2-15(12-8-10-13(16)11-9-12)17-14-6-4-3-5-7-14/h2-11,15,17H,1H2. The molecule has 2 aromatic rings. The Labute approximate surface area is 110 Å². The smallest absolute Gasteiger partial charge is 0.0695 e. The first-order valence-electron chi connectivity index (χ1n) is 5.49. The van der Waals surface area contributed by atoms with Crippen LogP contribution >= 0.6 is 15.9 Å². The summed E-state index contributed by atoms with van der Waals surface area (Å²) in [7, 11) is 0. The van der Waals surface area contributed by atoms with Gasteiger partial charge in [0.15, 0.2) is 0 Å². The Hall–Kier alpha value is -1.54. The van der Waals surface area contributed by atoms with Crippen molar-refractivity contribution >= 4 is 21.6 Å². The number of halogens is 1. The van der Waals surface area contributed by atoms with Gasteiger partial charge in [-0.1, -0.05) is 52.3 Å². The molecule has 86 valence electrons. The van der Waals surface area contributed by atoms with Gasteiger partial charge in [0.2, 0.25) is 0 Å². The molecule has 0 fully saturated rings. The molecule has 0 aliphatic heterocycles. The van der Waals surface area contributed by atoms with E-state index in [-0.39, 0.29) is 6.04 Å². The van der Waals surface area contributed by atoms with Crippen LogP contribution in [-0.2, 0) is 0 Å². The summed E-state index contributed by atoms with van der Waals surface area (Å²) >= 11 is 3.44. The highest BCUT2D eigenvalue weighted by atomic mass is 79.9. The first kappa shape index (κ1) is 11.9. The van der Waals surface area contributed by atoms with E-state index in [1.165, 1.54) is 5.56 Å². The molecule has 1 nitrogen and oxygen atoms in total. The molecule has 0 aliphatic rings. The lowest BCUT2D eigenvalue weighted by molar-refractivity contribution is 0.987. The van der Waals surface area contributed by atoms with Gasteiger partial charge in [-0.15, -0.1) is 6.58 Å². The van der Waals surface area contributed by atoms with Gasteiger partial charge in [-0.3, -0.25) is 0 Å². The molecule has 1 N–H and O–H groups in total. The van der Waals surface area contributed by atoms with E-state index in [0.29, 0.717) is 0 Å². The van der Waals surface area contributed by atoms with Crippen molar-refractivity contribution in [1.82, 2.24) is 0 Å². The lowest BCUT2D eigenvalue weighted by atomic mass is 10.1. The molecule has 0 heterocycles. The van der Waals surface area contributed by atoms with Crippen molar-refractivity contribution in [2.45, 2.75) is 6.04 Å². The van der Waals surface area contributed by atoms with Crippen LogP contribution in [0.3, 0.4) is 0 Å². The molecule has 0 aromatic heterocycles. The zero-order chi connectivity index (χ0) is 12.1. The minimum Gasteiger partial charge on any atom is -0.375 e. The van der Waals surface area contributed by atoms with Gasteiger partial charge in [-0.25, -0.2) is 0 Å². The largest absolute Gasteiger partial charge is 0.375 e. The van der Waals surface area contributed by atoms with E-state index >= 15 is 0 Å². The normalized spacial score (nSPS) is 11.8. The highest BCUT2D eigenvalue weighted by molar-refractivity contribution is 9.10. The highest BCUT2D eigenvalue weighted by Crippen LogP contribution is 2.22. The molecule has 2 heteroatoms. The molecule has 0 saturated heterocycles. The number of hydrogen-bond donors (Lipinski definition) is 1. The quantitative estimate of drug-likeness (QED) is 0.798. The zero-order valence-electron chi connectivity index (χ0n) is 9.44. The average Bonchev–Trinajstić information content (AvgIpc) is 2.38. The number of para-hydroxylation sites is 1. The molecular formula is C15H14BrN. The Bertz CT molecular complexity index is 476. The predicted molar refractivity (Wildman–Crippen MR) is 77.1 cm³/mol. The van der Waals surface area contributed by atoms with Crippen molar-refractivity contribution in [3.05, 3.63) is 77.3 Å². The summed E-state index contributed by atoms with van der Waals surface area (Å²) in [6, 6.07) is 18.5. The SMILES string of the molecule is C=CC(Nc1ccccc1)c1ccc(Br)cc1. The number of hydrogen-bond acceptors (Lipinski definition) is 1. The predicted octanol–water partition coefficient (Wildman–Crippen LogP) is 4.79. The fourth-order valence-electron chi connectivity index (χ4n) is 1.66. The Morgan fingerprint density at radius 2 is 1.65 bits per heavy atom. The number of anilines is 1. The Morgan fingerprint density at radius 1 is 1.00 bits per heavy atom. The number of rotatable bonds is 4. The lowest BCUT2D eigenvalue weighted by Gasteiger charge is -2.16. The first-order chi connectivity index (χ1) is 8.29. The van der Waals surface area contributed by atoms with Gasteiger partial charge in [0.05, 0.1) is 6.04 Å². The Morgan fingerprint density at radius 3 is 2.24 bits per heavy atom. The van der Waals surface area contributed by atoms with Crippen molar-refractivity contribution < 1.29 is 0 Å². The van der Waals surface area contributed by atoms with Crippen LogP contribution in [-0.4, -0.2) is 0 Å². The Balaban J connectivity index is 2.17. The molecule has 0 spiro atoms. The molecule has 1 atom stereocenters. The van der Waals surface area contributed by atoms with E-state index in [4.69, 9.17) is 0 Å². The fourth-order valence-corrected chi connectivity index (χ4v) is 1.93. The van der Waals surface area contributed by atoms with Crippen LogP contribution in [0.2, 0.25) is 0 Å². The summed E-state index contributed by atoms with van der Waals surface area (Å²) in [5, 5.41) is 3.43. The van der Waals surface area contributed by atoms with Crippen LogP contribution < -0.4 is 5.32 Å². The summed E-state index contributed by atoms with van der Waals surface area (Å²) in [6.45, 7) is 3.88. The molecule has 0 radical (unpaired) electrons. The third-order valence-corrected chi connectivity index (χ3v) is 3.09. The number of benzene rings is 2. The fraction of sp³-hybridized carbons (Fsp3) is 0.0667. The lowest BCUT2D eigenvalue weighted by Crippen LogP contribution is -2.07. The molecule has 0 aliphatic carbocycles.